The monoisotopic (exact) mass is 355 g/mol. The van der Waals surface area contributed by atoms with Gasteiger partial charge in [0.05, 0.1) is 7.11 Å². The molecule has 2 aromatic carbocycles. The number of methoxy groups -OCH3 is 1. The molecule has 0 heterocycles. The molecule has 0 fully saturated rings. The maximum Gasteiger partial charge on any atom is 0.321 e. The maximum atomic E-state index is 11.9. The molecule has 6 nitrogen and oxygen atoms in total. The van der Waals surface area contributed by atoms with E-state index in [4.69, 9.17) is 4.74 Å². The molecule has 0 aliphatic rings. The van der Waals surface area contributed by atoms with Crippen LogP contribution in [0.2, 0.25) is 0 Å². The third-order valence-electron chi connectivity index (χ3n) is 3.86. The predicted octanol–water partition coefficient (Wildman–Crippen LogP) is 2.54. The number of carbonyl (C=O) groups excluding carboxylic acids is 2. The molecule has 138 valence electrons. The van der Waals surface area contributed by atoms with Crippen molar-refractivity contribution in [1.29, 1.82) is 0 Å². The number of hydrogen-bond acceptors (Lipinski definition) is 4. The first-order chi connectivity index (χ1) is 12.6. The molecule has 0 atom stereocenters. The van der Waals surface area contributed by atoms with Crippen LogP contribution in [0, 0.1) is 0 Å². The normalized spacial score (nSPS) is 10.4. The fraction of sp³-hybridized carbons (Fsp3) is 0.300. The Kier molecular flexibility index (Phi) is 7.64. The molecule has 2 aromatic rings. The van der Waals surface area contributed by atoms with Crippen molar-refractivity contribution in [3.8, 4) is 5.75 Å². The summed E-state index contributed by atoms with van der Waals surface area (Å²) in [7, 11) is 3.57. The quantitative estimate of drug-likeness (QED) is 0.763. The van der Waals surface area contributed by atoms with Gasteiger partial charge in [0.1, 0.15) is 5.75 Å². The lowest BCUT2D eigenvalue weighted by Crippen LogP contribution is -2.40. The van der Waals surface area contributed by atoms with Crippen molar-refractivity contribution in [1.82, 2.24) is 15.5 Å². The van der Waals surface area contributed by atoms with E-state index in [2.05, 4.69) is 10.6 Å². The number of nitrogens with zero attached hydrogens (tertiary/aromatic N) is 1. The Hall–Kier alpha value is -2.86. The first-order valence-corrected chi connectivity index (χ1v) is 8.50. The largest absolute Gasteiger partial charge is 0.497 e. The molecule has 0 saturated heterocycles. The highest BCUT2D eigenvalue weighted by molar-refractivity contribution is 5.94. The molecule has 2 rings (SSSR count). The summed E-state index contributed by atoms with van der Waals surface area (Å²) in [5.74, 6) is 0.511. The van der Waals surface area contributed by atoms with Gasteiger partial charge >= 0.3 is 6.03 Å². The molecular weight excluding hydrogens is 330 g/mol. The Morgan fingerprint density at radius 1 is 1.04 bits per heavy atom. The van der Waals surface area contributed by atoms with Crippen molar-refractivity contribution in [2.24, 2.45) is 0 Å². The second kappa shape index (κ2) is 10.2. The van der Waals surface area contributed by atoms with Crippen LogP contribution in [-0.4, -0.2) is 37.5 Å². The Morgan fingerprint density at radius 3 is 2.50 bits per heavy atom. The van der Waals surface area contributed by atoms with E-state index in [-0.39, 0.29) is 12.3 Å². The van der Waals surface area contributed by atoms with Crippen LogP contribution in [0.4, 0.5) is 4.79 Å². The molecule has 0 aliphatic carbocycles. The van der Waals surface area contributed by atoms with E-state index in [9.17, 15) is 9.59 Å². The Bertz CT molecular complexity index is 719. The molecule has 26 heavy (non-hydrogen) atoms. The molecule has 2 N–H and O–H groups in total. The Balaban J connectivity index is 1.67. The third-order valence-corrected chi connectivity index (χ3v) is 3.86. The van der Waals surface area contributed by atoms with Gasteiger partial charge in [-0.05, 0) is 30.3 Å². The zero-order valence-electron chi connectivity index (χ0n) is 15.2. The van der Waals surface area contributed by atoms with Crippen molar-refractivity contribution in [2.45, 2.75) is 19.5 Å². The van der Waals surface area contributed by atoms with Gasteiger partial charge in [0, 0.05) is 26.1 Å². The number of imide groups is 1. The number of nitrogens with one attached hydrogen (secondary N) is 2. The summed E-state index contributed by atoms with van der Waals surface area (Å²) >= 11 is 0. The van der Waals surface area contributed by atoms with Crippen molar-refractivity contribution in [2.75, 3.05) is 20.7 Å². The van der Waals surface area contributed by atoms with Gasteiger partial charge in [0.25, 0.3) is 0 Å². The summed E-state index contributed by atoms with van der Waals surface area (Å²) in [6.07, 6.45) is 0.249. The van der Waals surface area contributed by atoms with E-state index in [1.165, 1.54) is 0 Å². The average Bonchev–Trinajstić information content (AvgIpc) is 2.66. The van der Waals surface area contributed by atoms with Crippen LogP contribution in [0.5, 0.6) is 5.75 Å². The summed E-state index contributed by atoms with van der Waals surface area (Å²) in [6, 6.07) is 16.9. The zero-order chi connectivity index (χ0) is 18.8. The van der Waals surface area contributed by atoms with Gasteiger partial charge in [0.15, 0.2) is 0 Å². The molecule has 0 saturated carbocycles. The highest BCUT2D eigenvalue weighted by Crippen LogP contribution is 2.13. The van der Waals surface area contributed by atoms with Crippen molar-refractivity contribution in [3.05, 3.63) is 65.7 Å². The third kappa shape index (κ3) is 6.94. The van der Waals surface area contributed by atoms with E-state index in [0.29, 0.717) is 19.6 Å². The first kappa shape index (κ1) is 19.5. The summed E-state index contributed by atoms with van der Waals surface area (Å²) in [6.45, 7) is 1.63. The van der Waals surface area contributed by atoms with Gasteiger partial charge in [0.2, 0.25) is 5.91 Å². The fourth-order valence-corrected chi connectivity index (χ4v) is 2.47. The lowest BCUT2D eigenvalue weighted by Gasteiger charge is -2.16. The highest BCUT2D eigenvalue weighted by Gasteiger charge is 2.09. The second-order valence-electron chi connectivity index (χ2n) is 6.06. The van der Waals surface area contributed by atoms with Gasteiger partial charge in [-0.2, -0.15) is 0 Å². The molecule has 0 bridgehead atoms. The number of ether oxygens (including phenoxy) is 1. The number of rotatable bonds is 8. The van der Waals surface area contributed by atoms with Crippen molar-refractivity contribution < 1.29 is 14.3 Å². The van der Waals surface area contributed by atoms with E-state index in [1.807, 2.05) is 66.5 Å². The van der Waals surface area contributed by atoms with E-state index in [0.717, 1.165) is 16.9 Å². The number of amides is 3. The SMILES string of the molecule is COc1cccc(CN(C)CCC(=O)NC(=O)NCc2ccccc2)c1. The molecule has 0 unspecified atom stereocenters. The van der Waals surface area contributed by atoms with Crippen LogP contribution in [0.15, 0.2) is 54.6 Å². The maximum absolute atomic E-state index is 11.9. The van der Waals surface area contributed by atoms with Crippen molar-refractivity contribution in [3.63, 3.8) is 0 Å². The zero-order valence-corrected chi connectivity index (χ0v) is 15.2. The standard InChI is InChI=1S/C20H25N3O3/c1-23(15-17-9-6-10-18(13-17)26-2)12-11-19(24)22-20(25)21-14-16-7-4-3-5-8-16/h3-10,13H,11-12,14-15H2,1-2H3,(H2,21,22,24,25). The molecule has 0 radical (unpaired) electrons. The van der Waals surface area contributed by atoms with Crippen LogP contribution in [0.25, 0.3) is 0 Å². The van der Waals surface area contributed by atoms with Gasteiger partial charge in [-0.25, -0.2) is 4.79 Å². The highest BCUT2D eigenvalue weighted by atomic mass is 16.5. The van der Waals surface area contributed by atoms with E-state index < -0.39 is 6.03 Å². The summed E-state index contributed by atoms with van der Waals surface area (Å²) in [5.41, 5.74) is 2.08. The number of urea groups is 1. The number of hydrogen-bond donors (Lipinski definition) is 2. The minimum atomic E-state index is -0.477. The first-order valence-electron chi connectivity index (χ1n) is 8.50. The smallest absolute Gasteiger partial charge is 0.321 e. The fourth-order valence-electron chi connectivity index (χ4n) is 2.47. The van der Waals surface area contributed by atoms with E-state index in [1.54, 1.807) is 7.11 Å². The summed E-state index contributed by atoms with van der Waals surface area (Å²) in [4.78, 5) is 25.7. The lowest BCUT2D eigenvalue weighted by atomic mass is 10.2. The molecular formula is C20H25N3O3. The van der Waals surface area contributed by atoms with Crippen LogP contribution in [0.1, 0.15) is 17.5 Å². The van der Waals surface area contributed by atoms with Gasteiger partial charge in [-0.3, -0.25) is 10.1 Å². The van der Waals surface area contributed by atoms with Crippen molar-refractivity contribution >= 4 is 11.9 Å². The molecule has 0 aromatic heterocycles. The van der Waals surface area contributed by atoms with Crippen LogP contribution in [-0.2, 0) is 17.9 Å². The summed E-state index contributed by atoms with van der Waals surface area (Å²) in [5, 5.41) is 5.02. The molecule has 0 spiro atoms. The van der Waals surface area contributed by atoms with Gasteiger partial charge < -0.3 is 15.0 Å². The topological polar surface area (TPSA) is 70.7 Å². The lowest BCUT2D eigenvalue weighted by molar-refractivity contribution is -0.120. The van der Waals surface area contributed by atoms with Crippen LogP contribution in [0.3, 0.4) is 0 Å². The molecule has 3 amide bonds. The Morgan fingerprint density at radius 2 is 1.77 bits per heavy atom. The van der Waals surface area contributed by atoms with Gasteiger partial charge in [-0.15, -0.1) is 0 Å². The summed E-state index contributed by atoms with van der Waals surface area (Å²) < 4.78 is 5.21. The van der Waals surface area contributed by atoms with Crippen LogP contribution >= 0.6 is 0 Å². The molecule has 0 aliphatic heterocycles. The minimum Gasteiger partial charge on any atom is -0.497 e. The van der Waals surface area contributed by atoms with E-state index >= 15 is 0 Å². The minimum absolute atomic E-state index is 0.249. The average molecular weight is 355 g/mol. The number of benzene rings is 2. The predicted molar refractivity (Wildman–Crippen MR) is 101 cm³/mol. The van der Waals surface area contributed by atoms with Crippen LogP contribution < -0.4 is 15.4 Å². The molecule has 6 heteroatoms. The number of carbonyl (C=O) groups is 2. The Labute approximate surface area is 154 Å². The van der Waals surface area contributed by atoms with Gasteiger partial charge in [-0.1, -0.05) is 42.5 Å². The second-order valence-corrected chi connectivity index (χ2v) is 6.06.